The van der Waals surface area contributed by atoms with E-state index >= 15 is 0 Å². The van der Waals surface area contributed by atoms with Crippen LogP contribution in [0, 0.1) is 0 Å². The number of hydrogen-bond donors (Lipinski definition) is 3. The highest BCUT2D eigenvalue weighted by Crippen LogP contribution is 2.29. The lowest BCUT2D eigenvalue weighted by Gasteiger charge is -2.38. The van der Waals surface area contributed by atoms with E-state index in [0.29, 0.717) is 0 Å². The second-order valence-corrected chi connectivity index (χ2v) is 4.81. The summed E-state index contributed by atoms with van der Waals surface area (Å²) >= 11 is 5.82. The molecule has 0 spiro atoms. The molecule has 110 valence electrons. The number of rotatable bonds is 3. The first kappa shape index (κ1) is 14.8. The maximum atomic E-state index is 11.9. The number of azide groups is 1. The van der Waals surface area contributed by atoms with E-state index in [9.17, 15) is 14.7 Å². The van der Waals surface area contributed by atoms with Gasteiger partial charge in [0.05, 0.1) is 12.7 Å². The predicted molar refractivity (Wildman–Crippen MR) is 64.3 cm³/mol. The maximum Gasteiger partial charge on any atom is 0.326 e. The molecule has 2 saturated heterocycles. The number of aliphatic hydroxyl groups excluding tert-OH is 2. The van der Waals surface area contributed by atoms with E-state index in [4.69, 9.17) is 27.0 Å². The first-order valence-electron chi connectivity index (χ1n) is 5.75. The maximum absolute atomic E-state index is 11.9. The van der Waals surface area contributed by atoms with Gasteiger partial charge in [0.15, 0.2) is 0 Å². The highest BCUT2D eigenvalue weighted by Gasteiger charge is 2.47. The fourth-order valence-electron chi connectivity index (χ4n) is 2.15. The molecule has 5 atom stereocenters. The van der Waals surface area contributed by atoms with E-state index in [1.165, 1.54) is 0 Å². The minimum absolute atomic E-state index is 0.00783. The number of amides is 3. The smallest absolute Gasteiger partial charge is 0.326 e. The molecule has 2 aliphatic heterocycles. The van der Waals surface area contributed by atoms with Crippen LogP contribution < -0.4 is 5.32 Å². The minimum atomic E-state index is -1.27. The van der Waals surface area contributed by atoms with Gasteiger partial charge in [0.2, 0.25) is 5.91 Å². The van der Waals surface area contributed by atoms with Crippen LogP contribution in [-0.4, -0.2) is 63.6 Å². The molecule has 0 bridgehead atoms. The number of alkyl halides is 1. The van der Waals surface area contributed by atoms with Gasteiger partial charge in [-0.1, -0.05) is 5.11 Å². The van der Waals surface area contributed by atoms with E-state index in [1.54, 1.807) is 0 Å². The predicted octanol–water partition coefficient (Wildman–Crippen LogP) is -0.750. The topological polar surface area (TPSA) is 148 Å². The van der Waals surface area contributed by atoms with Crippen LogP contribution in [-0.2, 0) is 9.53 Å². The third-order valence-corrected chi connectivity index (χ3v) is 3.55. The van der Waals surface area contributed by atoms with Crippen LogP contribution in [0.3, 0.4) is 0 Å². The number of imide groups is 1. The lowest BCUT2D eigenvalue weighted by molar-refractivity contribution is -0.126. The van der Waals surface area contributed by atoms with Crippen molar-refractivity contribution in [2.75, 3.05) is 6.61 Å². The molecule has 0 saturated carbocycles. The summed E-state index contributed by atoms with van der Waals surface area (Å²) in [5, 5.41) is 22.7. The number of halogens is 1. The summed E-state index contributed by atoms with van der Waals surface area (Å²) in [5.74, 6) is -0.775. The molecule has 0 radical (unpaired) electrons. The lowest BCUT2D eigenvalue weighted by atomic mass is 10.1. The highest BCUT2D eigenvalue weighted by molar-refractivity contribution is 6.33. The SMILES string of the molecule is [N-]=[N+]=NC1C(Cl)C(=O)NC(=O)N1[C@@H]1CC(O)[C@H](CO)O1. The summed E-state index contributed by atoms with van der Waals surface area (Å²) in [4.78, 5) is 26.8. The zero-order valence-corrected chi connectivity index (χ0v) is 10.8. The van der Waals surface area contributed by atoms with E-state index in [0.717, 1.165) is 4.90 Å². The van der Waals surface area contributed by atoms with Crippen LogP contribution in [0.15, 0.2) is 5.11 Å². The van der Waals surface area contributed by atoms with Crippen LogP contribution in [0.5, 0.6) is 0 Å². The first-order valence-corrected chi connectivity index (χ1v) is 6.19. The zero-order valence-electron chi connectivity index (χ0n) is 10.1. The number of urea groups is 1. The molecule has 0 aromatic rings. The Balaban J connectivity index is 2.25. The molecule has 2 heterocycles. The Labute approximate surface area is 117 Å². The minimum Gasteiger partial charge on any atom is -0.394 e. The lowest BCUT2D eigenvalue weighted by Crippen LogP contribution is -2.63. The average Bonchev–Trinajstić information content (AvgIpc) is 2.76. The third kappa shape index (κ3) is 2.51. The van der Waals surface area contributed by atoms with Crippen LogP contribution in [0.4, 0.5) is 4.79 Å². The molecule has 3 unspecified atom stereocenters. The molecule has 11 heteroatoms. The van der Waals surface area contributed by atoms with Crippen molar-refractivity contribution in [2.45, 2.75) is 36.4 Å². The number of nitrogens with one attached hydrogen (secondary N) is 1. The summed E-state index contributed by atoms with van der Waals surface area (Å²) in [5.41, 5.74) is 8.52. The van der Waals surface area contributed by atoms with Crippen LogP contribution >= 0.6 is 11.6 Å². The second kappa shape index (κ2) is 5.81. The van der Waals surface area contributed by atoms with Crippen molar-refractivity contribution in [2.24, 2.45) is 5.11 Å². The van der Waals surface area contributed by atoms with E-state index in [-0.39, 0.29) is 6.42 Å². The number of carbonyl (C=O) groups excluding carboxylic acids is 2. The van der Waals surface area contributed by atoms with Gasteiger partial charge in [-0.05, 0) is 5.53 Å². The zero-order chi connectivity index (χ0) is 14.9. The number of aliphatic hydroxyl groups is 2. The number of nitrogens with zero attached hydrogens (tertiary/aromatic N) is 4. The summed E-state index contributed by atoms with van der Waals surface area (Å²) < 4.78 is 5.30. The molecule has 2 aliphatic rings. The van der Waals surface area contributed by atoms with E-state index < -0.39 is 48.5 Å². The summed E-state index contributed by atoms with van der Waals surface area (Å²) in [7, 11) is 0. The standard InChI is InChI=1S/C9H12ClN5O5/c10-6-7(13-14-11)15(9(19)12-8(6)18)5-1-3(17)4(2-16)20-5/h3-7,16-17H,1-2H2,(H,12,18,19)/t3?,4-,5-,6?,7?/m0/s1. The van der Waals surface area contributed by atoms with Gasteiger partial charge in [0.25, 0.3) is 0 Å². The molecule has 2 rings (SSSR count). The van der Waals surface area contributed by atoms with Crippen molar-refractivity contribution in [1.82, 2.24) is 10.2 Å². The number of carbonyl (C=O) groups is 2. The third-order valence-electron chi connectivity index (χ3n) is 3.13. The monoisotopic (exact) mass is 305 g/mol. The van der Waals surface area contributed by atoms with Crippen molar-refractivity contribution >= 4 is 23.5 Å². The Morgan fingerprint density at radius 1 is 1.60 bits per heavy atom. The Bertz CT molecular complexity index is 470. The normalized spacial score (nSPS) is 37.5. The van der Waals surface area contributed by atoms with Gasteiger partial charge in [0.1, 0.15) is 23.9 Å². The molecule has 0 aromatic heterocycles. The van der Waals surface area contributed by atoms with Crippen molar-refractivity contribution < 1.29 is 24.5 Å². The molecule has 20 heavy (non-hydrogen) atoms. The molecule has 0 aliphatic carbocycles. The molecular formula is C9H12ClN5O5. The van der Waals surface area contributed by atoms with Gasteiger partial charge >= 0.3 is 6.03 Å². The summed E-state index contributed by atoms with van der Waals surface area (Å²) in [6.07, 6.45) is -4.04. The number of ether oxygens (including phenoxy) is 1. The van der Waals surface area contributed by atoms with Gasteiger partial charge in [-0.25, -0.2) is 4.79 Å². The van der Waals surface area contributed by atoms with Gasteiger partial charge in [-0.15, -0.1) is 11.6 Å². The molecule has 10 nitrogen and oxygen atoms in total. The summed E-state index contributed by atoms with van der Waals surface area (Å²) in [6, 6.07) is -0.833. The van der Waals surface area contributed by atoms with Crippen LogP contribution in [0.2, 0.25) is 0 Å². The van der Waals surface area contributed by atoms with E-state index in [2.05, 4.69) is 10.0 Å². The van der Waals surface area contributed by atoms with E-state index in [1.807, 2.05) is 5.32 Å². The molecule has 3 N–H and O–H groups in total. The Hall–Kier alpha value is -1.58. The molecule has 3 amide bonds. The largest absolute Gasteiger partial charge is 0.394 e. The fourth-order valence-corrected chi connectivity index (χ4v) is 2.38. The van der Waals surface area contributed by atoms with Gasteiger partial charge in [-0.2, -0.15) is 0 Å². The average molecular weight is 306 g/mol. The first-order chi connectivity index (χ1) is 9.49. The Kier molecular flexibility index (Phi) is 4.31. The Morgan fingerprint density at radius 2 is 2.30 bits per heavy atom. The van der Waals surface area contributed by atoms with Crippen molar-refractivity contribution in [1.29, 1.82) is 0 Å². The van der Waals surface area contributed by atoms with Gasteiger partial charge in [0, 0.05) is 11.3 Å². The quantitative estimate of drug-likeness (QED) is 0.271. The molecule has 0 aromatic carbocycles. The van der Waals surface area contributed by atoms with Gasteiger partial charge < -0.3 is 14.9 Å². The van der Waals surface area contributed by atoms with Crippen LogP contribution in [0.25, 0.3) is 10.4 Å². The molecule has 2 fully saturated rings. The van der Waals surface area contributed by atoms with Crippen molar-refractivity contribution in [3.63, 3.8) is 0 Å². The van der Waals surface area contributed by atoms with Gasteiger partial charge in [-0.3, -0.25) is 15.0 Å². The van der Waals surface area contributed by atoms with Crippen molar-refractivity contribution in [3.8, 4) is 0 Å². The molecular weight excluding hydrogens is 294 g/mol. The van der Waals surface area contributed by atoms with Crippen LogP contribution in [0.1, 0.15) is 6.42 Å². The fraction of sp³-hybridized carbons (Fsp3) is 0.778. The van der Waals surface area contributed by atoms with Crippen molar-refractivity contribution in [3.05, 3.63) is 10.4 Å². The Morgan fingerprint density at radius 3 is 2.85 bits per heavy atom. The highest BCUT2D eigenvalue weighted by atomic mass is 35.5. The second-order valence-electron chi connectivity index (χ2n) is 4.34. The summed E-state index contributed by atoms with van der Waals surface area (Å²) in [6.45, 7) is -0.428. The number of hydrogen-bond acceptors (Lipinski definition) is 6.